The molecule has 86 valence electrons. The van der Waals surface area contributed by atoms with Crippen LogP contribution in [0, 0.1) is 6.92 Å². The van der Waals surface area contributed by atoms with Gasteiger partial charge in [-0.2, -0.15) is 0 Å². The summed E-state index contributed by atoms with van der Waals surface area (Å²) in [5.41, 5.74) is 2.35. The van der Waals surface area contributed by atoms with Crippen molar-refractivity contribution in [2.75, 3.05) is 6.54 Å². The van der Waals surface area contributed by atoms with Gasteiger partial charge in [0.15, 0.2) is 0 Å². The minimum Gasteiger partial charge on any atom is -0.389 e. The molecular formula is C11H20N2OS. The average Bonchev–Trinajstić information content (AvgIpc) is 2.51. The number of nitrogens with one attached hydrogen (secondary N) is 1. The second-order valence-corrected chi connectivity index (χ2v) is 5.15. The quantitative estimate of drug-likeness (QED) is 0.783. The van der Waals surface area contributed by atoms with Crippen molar-refractivity contribution < 1.29 is 5.11 Å². The van der Waals surface area contributed by atoms with Gasteiger partial charge in [-0.25, -0.2) is 4.98 Å². The van der Waals surface area contributed by atoms with Gasteiger partial charge in [0, 0.05) is 18.0 Å². The van der Waals surface area contributed by atoms with E-state index in [1.807, 2.05) is 19.4 Å². The summed E-state index contributed by atoms with van der Waals surface area (Å²) in [5, 5.41) is 13.2. The standard InChI is InChI=1S/C11H20N2OS/c1-4-5-11(3,14)7-12-6-10-9(2)13-8-15-10/h8,12,14H,4-7H2,1-3H3. The number of hydrogen-bond donors (Lipinski definition) is 2. The first kappa shape index (κ1) is 12.6. The Kier molecular flexibility index (Phi) is 4.70. The first-order valence-corrected chi connectivity index (χ1v) is 6.25. The smallest absolute Gasteiger partial charge is 0.0798 e. The van der Waals surface area contributed by atoms with Gasteiger partial charge in [-0.05, 0) is 20.3 Å². The summed E-state index contributed by atoms with van der Waals surface area (Å²) < 4.78 is 0. The lowest BCUT2D eigenvalue weighted by Gasteiger charge is -2.22. The second kappa shape index (κ2) is 5.58. The van der Waals surface area contributed by atoms with Crippen molar-refractivity contribution in [1.82, 2.24) is 10.3 Å². The van der Waals surface area contributed by atoms with E-state index in [9.17, 15) is 5.11 Å². The van der Waals surface area contributed by atoms with E-state index in [0.717, 1.165) is 25.1 Å². The molecule has 2 N–H and O–H groups in total. The van der Waals surface area contributed by atoms with Crippen LogP contribution in [0.3, 0.4) is 0 Å². The van der Waals surface area contributed by atoms with E-state index in [1.165, 1.54) is 4.88 Å². The molecule has 0 saturated carbocycles. The summed E-state index contributed by atoms with van der Waals surface area (Å²) in [5.74, 6) is 0. The van der Waals surface area contributed by atoms with Crippen LogP contribution in [-0.2, 0) is 6.54 Å². The zero-order valence-electron chi connectivity index (χ0n) is 9.71. The fourth-order valence-corrected chi connectivity index (χ4v) is 2.31. The van der Waals surface area contributed by atoms with Gasteiger partial charge in [-0.1, -0.05) is 13.3 Å². The molecule has 0 amide bonds. The van der Waals surface area contributed by atoms with Crippen molar-refractivity contribution in [3.8, 4) is 0 Å². The van der Waals surface area contributed by atoms with Crippen molar-refractivity contribution in [3.05, 3.63) is 16.1 Å². The molecule has 1 unspecified atom stereocenters. The number of nitrogens with zero attached hydrogens (tertiary/aromatic N) is 1. The predicted octanol–water partition coefficient (Wildman–Crippen LogP) is 2.09. The highest BCUT2D eigenvalue weighted by atomic mass is 32.1. The van der Waals surface area contributed by atoms with Gasteiger partial charge in [-0.3, -0.25) is 0 Å². The normalized spacial score (nSPS) is 15.2. The van der Waals surface area contributed by atoms with E-state index >= 15 is 0 Å². The molecule has 0 aliphatic carbocycles. The minimum absolute atomic E-state index is 0.590. The maximum absolute atomic E-state index is 9.94. The van der Waals surface area contributed by atoms with Gasteiger partial charge < -0.3 is 10.4 Å². The molecule has 15 heavy (non-hydrogen) atoms. The van der Waals surface area contributed by atoms with E-state index in [-0.39, 0.29) is 0 Å². The molecule has 0 aliphatic rings. The average molecular weight is 228 g/mol. The zero-order chi connectivity index (χ0) is 11.3. The number of aromatic nitrogens is 1. The molecule has 1 aromatic heterocycles. The molecule has 4 heteroatoms. The van der Waals surface area contributed by atoms with Crippen molar-refractivity contribution in [3.63, 3.8) is 0 Å². The third-order valence-corrected chi connectivity index (χ3v) is 3.36. The highest BCUT2D eigenvalue weighted by molar-refractivity contribution is 7.09. The van der Waals surface area contributed by atoms with Crippen LogP contribution in [0.15, 0.2) is 5.51 Å². The van der Waals surface area contributed by atoms with Gasteiger partial charge >= 0.3 is 0 Å². The lowest BCUT2D eigenvalue weighted by atomic mass is 10.0. The first-order valence-electron chi connectivity index (χ1n) is 5.37. The Balaban J connectivity index is 2.30. The highest BCUT2D eigenvalue weighted by Crippen LogP contribution is 2.13. The van der Waals surface area contributed by atoms with E-state index in [4.69, 9.17) is 0 Å². The summed E-state index contributed by atoms with van der Waals surface area (Å²) in [6, 6.07) is 0. The fourth-order valence-electron chi connectivity index (χ4n) is 1.57. The molecule has 3 nitrogen and oxygen atoms in total. The van der Waals surface area contributed by atoms with Gasteiger partial charge in [0.05, 0.1) is 16.8 Å². The van der Waals surface area contributed by atoms with Crippen LogP contribution in [0.1, 0.15) is 37.3 Å². The molecule has 1 atom stereocenters. The number of hydrogen-bond acceptors (Lipinski definition) is 4. The predicted molar refractivity (Wildman–Crippen MR) is 64.1 cm³/mol. The Hall–Kier alpha value is -0.450. The molecule has 0 aliphatic heterocycles. The van der Waals surface area contributed by atoms with Gasteiger partial charge in [0.1, 0.15) is 0 Å². The third kappa shape index (κ3) is 4.28. The van der Waals surface area contributed by atoms with Crippen LogP contribution >= 0.6 is 11.3 Å². The molecular weight excluding hydrogens is 208 g/mol. The number of aryl methyl sites for hydroxylation is 1. The van der Waals surface area contributed by atoms with Crippen molar-refractivity contribution in [2.24, 2.45) is 0 Å². The van der Waals surface area contributed by atoms with Gasteiger partial charge in [0.2, 0.25) is 0 Å². The highest BCUT2D eigenvalue weighted by Gasteiger charge is 2.18. The monoisotopic (exact) mass is 228 g/mol. The van der Waals surface area contributed by atoms with Gasteiger partial charge in [-0.15, -0.1) is 11.3 Å². The molecule has 1 aromatic rings. The number of rotatable bonds is 6. The van der Waals surface area contributed by atoms with Crippen LogP contribution in [0.25, 0.3) is 0 Å². The van der Waals surface area contributed by atoms with E-state index in [0.29, 0.717) is 6.54 Å². The molecule has 0 radical (unpaired) electrons. The number of aliphatic hydroxyl groups is 1. The molecule has 0 saturated heterocycles. The summed E-state index contributed by atoms with van der Waals surface area (Å²) in [6.07, 6.45) is 1.84. The Morgan fingerprint density at radius 3 is 2.87 bits per heavy atom. The topological polar surface area (TPSA) is 45.1 Å². The lowest BCUT2D eigenvalue weighted by Crippen LogP contribution is -2.37. The minimum atomic E-state index is -0.590. The molecule has 0 aromatic carbocycles. The largest absolute Gasteiger partial charge is 0.389 e. The lowest BCUT2D eigenvalue weighted by molar-refractivity contribution is 0.0498. The number of thiazole rings is 1. The molecule has 0 spiro atoms. The summed E-state index contributed by atoms with van der Waals surface area (Å²) >= 11 is 1.66. The Bertz CT molecular complexity index is 297. The molecule has 0 fully saturated rings. The van der Waals surface area contributed by atoms with E-state index < -0.39 is 5.60 Å². The van der Waals surface area contributed by atoms with Crippen LogP contribution in [0.4, 0.5) is 0 Å². The molecule has 1 heterocycles. The zero-order valence-corrected chi connectivity index (χ0v) is 10.5. The van der Waals surface area contributed by atoms with Gasteiger partial charge in [0.25, 0.3) is 0 Å². The van der Waals surface area contributed by atoms with Crippen LogP contribution in [0.2, 0.25) is 0 Å². The van der Waals surface area contributed by atoms with Crippen molar-refractivity contribution in [1.29, 1.82) is 0 Å². The summed E-state index contributed by atoms with van der Waals surface area (Å²) in [7, 11) is 0. The summed E-state index contributed by atoms with van der Waals surface area (Å²) in [4.78, 5) is 5.44. The maximum atomic E-state index is 9.94. The SMILES string of the molecule is CCCC(C)(O)CNCc1scnc1C. The van der Waals surface area contributed by atoms with E-state index in [2.05, 4.69) is 17.2 Å². The third-order valence-electron chi connectivity index (χ3n) is 2.42. The van der Waals surface area contributed by atoms with E-state index in [1.54, 1.807) is 11.3 Å². The molecule has 1 rings (SSSR count). The summed E-state index contributed by atoms with van der Waals surface area (Å²) in [6.45, 7) is 7.41. The van der Waals surface area contributed by atoms with Crippen LogP contribution in [-0.4, -0.2) is 22.2 Å². The maximum Gasteiger partial charge on any atom is 0.0798 e. The Morgan fingerprint density at radius 2 is 2.33 bits per heavy atom. The van der Waals surface area contributed by atoms with Crippen molar-refractivity contribution >= 4 is 11.3 Å². The molecule has 0 bridgehead atoms. The first-order chi connectivity index (χ1) is 7.05. The fraction of sp³-hybridized carbons (Fsp3) is 0.727. The van der Waals surface area contributed by atoms with Crippen LogP contribution < -0.4 is 5.32 Å². The second-order valence-electron chi connectivity index (χ2n) is 4.21. The van der Waals surface area contributed by atoms with Crippen LogP contribution in [0.5, 0.6) is 0 Å². The Morgan fingerprint density at radius 1 is 1.60 bits per heavy atom. The Labute approximate surface area is 95.6 Å². The van der Waals surface area contributed by atoms with Crippen molar-refractivity contribution in [2.45, 2.75) is 45.8 Å².